The second-order valence-corrected chi connectivity index (χ2v) is 11.6. The molecule has 0 spiro atoms. The molecular weight excluding hydrogens is 601 g/mol. The maximum Gasteiger partial charge on any atom is 0.261 e. The predicted molar refractivity (Wildman–Crippen MR) is 167 cm³/mol. The van der Waals surface area contributed by atoms with Crippen LogP contribution in [0.25, 0.3) is 0 Å². The number of anilines is 1. The van der Waals surface area contributed by atoms with E-state index in [2.05, 4.69) is 10.0 Å². The van der Waals surface area contributed by atoms with Crippen LogP contribution < -0.4 is 24.2 Å². The molecule has 2 amide bonds. The van der Waals surface area contributed by atoms with Crippen LogP contribution in [-0.4, -0.2) is 52.0 Å². The van der Waals surface area contributed by atoms with Crippen molar-refractivity contribution in [3.8, 4) is 17.2 Å². The van der Waals surface area contributed by atoms with E-state index < -0.39 is 34.4 Å². The summed E-state index contributed by atoms with van der Waals surface area (Å²) in [5, 5.41) is 2.87. The standard InChI is InChI=1S/C33H34FN3O7S/c1-23(33(39)35-20-25-6-4-5-7-31(25)43-3)37(21-24-8-14-28(42-2)15-9-24)32(38)22-44-29-16-18-30(19-17-29)45(40,41)36-27-12-10-26(34)11-13-27/h4-19,23,36H,20-22H2,1-3H3,(H,35,39)/t23-/m1/s1. The van der Waals surface area contributed by atoms with Gasteiger partial charge in [0.15, 0.2) is 6.61 Å². The number of benzene rings is 4. The number of halogens is 1. The Kier molecular flexibility index (Phi) is 11.0. The molecule has 0 aliphatic carbocycles. The summed E-state index contributed by atoms with van der Waals surface area (Å²) < 4.78 is 57.3. The molecule has 0 unspecified atom stereocenters. The number of carbonyl (C=O) groups is 2. The van der Waals surface area contributed by atoms with Crippen LogP contribution in [0.4, 0.5) is 10.1 Å². The summed E-state index contributed by atoms with van der Waals surface area (Å²) in [5.41, 5.74) is 1.77. The normalized spacial score (nSPS) is 11.6. The number of carbonyl (C=O) groups excluding carboxylic acids is 2. The Morgan fingerprint density at radius 2 is 1.49 bits per heavy atom. The highest BCUT2D eigenvalue weighted by atomic mass is 32.2. The first kappa shape index (κ1) is 32.8. The minimum Gasteiger partial charge on any atom is -0.497 e. The van der Waals surface area contributed by atoms with Crippen LogP contribution in [-0.2, 0) is 32.7 Å². The van der Waals surface area contributed by atoms with Crippen LogP contribution >= 0.6 is 0 Å². The molecule has 0 saturated heterocycles. The molecule has 0 saturated carbocycles. The van der Waals surface area contributed by atoms with Crippen LogP contribution in [0, 0.1) is 5.82 Å². The molecule has 12 heteroatoms. The quantitative estimate of drug-likeness (QED) is 0.205. The Balaban J connectivity index is 1.43. The lowest BCUT2D eigenvalue weighted by Gasteiger charge is -2.29. The smallest absolute Gasteiger partial charge is 0.261 e. The summed E-state index contributed by atoms with van der Waals surface area (Å²) in [7, 11) is -0.835. The third-order valence-corrected chi connectivity index (χ3v) is 8.31. The van der Waals surface area contributed by atoms with Crippen LogP contribution in [0.5, 0.6) is 17.2 Å². The Morgan fingerprint density at radius 3 is 2.13 bits per heavy atom. The number of hydrogen-bond donors (Lipinski definition) is 2. The molecular formula is C33H34FN3O7S. The van der Waals surface area contributed by atoms with Gasteiger partial charge in [-0.1, -0.05) is 30.3 Å². The van der Waals surface area contributed by atoms with Crippen molar-refractivity contribution >= 4 is 27.5 Å². The van der Waals surface area contributed by atoms with Gasteiger partial charge in [0.1, 0.15) is 29.1 Å². The first-order chi connectivity index (χ1) is 21.6. The first-order valence-corrected chi connectivity index (χ1v) is 15.4. The van der Waals surface area contributed by atoms with Crippen molar-refractivity contribution in [3.05, 3.63) is 114 Å². The minimum absolute atomic E-state index is 0.0491. The van der Waals surface area contributed by atoms with E-state index in [-0.39, 0.29) is 35.3 Å². The average Bonchev–Trinajstić information content (AvgIpc) is 3.06. The van der Waals surface area contributed by atoms with Crippen LogP contribution in [0.3, 0.4) is 0 Å². The zero-order chi connectivity index (χ0) is 32.4. The fourth-order valence-electron chi connectivity index (χ4n) is 4.36. The predicted octanol–water partition coefficient (Wildman–Crippen LogP) is 4.76. The van der Waals surface area contributed by atoms with Crippen molar-refractivity contribution in [2.45, 2.75) is 31.0 Å². The van der Waals surface area contributed by atoms with Crippen molar-refractivity contribution in [2.24, 2.45) is 0 Å². The van der Waals surface area contributed by atoms with Crippen molar-refractivity contribution in [1.29, 1.82) is 0 Å². The largest absolute Gasteiger partial charge is 0.497 e. The van der Waals surface area contributed by atoms with Gasteiger partial charge in [-0.05, 0) is 79.2 Å². The number of nitrogens with one attached hydrogen (secondary N) is 2. The van der Waals surface area contributed by atoms with Gasteiger partial charge in [0, 0.05) is 24.3 Å². The summed E-state index contributed by atoms with van der Waals surface area (Å²) in [6, 6.07) is 24.0. The van der Waals surface area contributed by atoms with Gasteiger partial charge in [-0.2, -0.15) is 0 Å². The minimum atomic E-state index is -3.94. The molecule has 45 heavy (non-hydrogen) atoms. The molecule has 0 aliphatic heterocycles. The highest BCUT2D eigenvalue weighted by molar-refractivity contribution is 7.92. The number of para-hydroxylation sites is 1. The topological polar surface area (TPSA) is 123 Å². The SMILES string of the molecule is COc1ccc(CN(C(=O)COc2ccc(S(=O)(=O)Nc3ccc(F)cc3)cc2)[C@H](C)C(=O)NCc2ccccc2OC)cc1. The van der Waals surface area contributed by atoms with E-state index in [1.54, 1.807) is 51.5 Å². The van der Waals surface area contributed by atoms with Gasteiger partial charge in [-0.15, -0.1) is 0 Å². The molecule has 236 valence electrons. The molecule has 0 aromatic heterocycles. The molecule has 0 aliphatic rings. The van der Waals surface area contributed by atoms with Crippen LogP contribution in [0.1, 0.15) is 18.1 Å². The Labute approximate surface area is 261 Å². The van der Waals surface area contributed by atoms with E-state index >= 15 is 0 Å². The number of rotatable bonds is 14. The molecule has 4 aromatic rings. The van der Waals surface area contributed by atoms with Gasteiger partial charge in [-0.3, -0.25) is 14.3 Å². The van der Waals surface area contributed by atoms with Crippen molar-refractivity contribution in [3.63, 3.8) is 0 Å². The average molecular weight is 636 g/mol. The lowest BCUT2D eigenvalue weighted by Crippen LogP contribution is -2.48. The molecule has 4 rings (SSSR count). The fraction of sp³-hybridized carbons (Fsp3) is 0.212. The lowest BCUT2D eigenvalue weighted by molar-refractivity contribution is -0.142. The van der Waals surface area contributed by atoms with E-state index in [1.165, 1.54) is 41.3 Å². The third kappa shape index (κ3) is 8.96. The van der Waals surface area contributed by atoms with Gasteiger partial charge in [-0.25, -0.2) is 12.8 Å². The molecule has 4 aromatic carbocycles. The summed E-state index contributed by atoms with van der Waals surface area (Å²) in [5.74, 6) is 0.226. The van der Waals surface area contributed by atoms with E-state index in [0.717, 1.165) is 23.3 Å². The molecule has 2 N–H and O–H groups in total. The highest BCUT2D eigenvalue weighted by Crippen LogP contribution is 2.21. The van der Waals surface area contributed by atoms with E-state index in [9.17, 15) is 22.4 Å². The third-order valence-electron chi connectivity index (χ3n) is 6.92. The number of amides is 2. The highest BCUT2D eigenvalue weighted by Gasteiger charge is 2.27. The summed E-state index contributed by atoms with van der Waals surface area (Å²) in [4.78, 5) is 28.0. The molecule has 0 radical (unpaired) electrons. The Hall–Kier alpha value is -5.10. The van der Waals surface area contributed by atoms with Crippen LogP contribution in [0.2, 0.25) is 0 Å². The lowest BCUT2D eigenvalue weighted by atomic mass is 10.1. The van der Waals surface area contributed by atoms with E-state index in [0.29, 0.717) is 11.5 Å². The molecule has 0 fully saturated rings. The zero-order valence-electron chi connectivity index (χ0n) is 25.0. The van der Waals surface area contributed by atoms with Crippen molar-refractivity contribution in [2.75, 3.05) is 25.5 Å². The summed E-state index contributed by atoms with van der Waals surface area (Å²) in [6.45, 7) is 1.56. The van der Waals surface area contributed by atoms with Crippen LogP contribution in [0.15, 0.2) is 102 Å². The fourth-order valence-corrected chi connectivity index (χ4v) is 5.42. The second kappa shape index (κ2) is 15.1. The monoisotopic (exact) mass is 635 g/mol. The van der Waals surface area contributed by atoms with Crippen molar-refractivity contribution < 1.29 is 36.6 Å². The maximum atomic E-state index is 13.5. The summed E-state index contributed by atoms with van der Waals surface area (Å²) in [6.07, 6.45) is 0. The van der Waals surface area contributed by atoms with Crippen molar-refractivity contribution in [1.82, 2.24) is 10.2 Å². The van der Waals surface area contributed by atoms with Gasteiger partial charge in [0.2, 0.25) is 5.91 Å². The van der Waals surface area contributed by atoms with Gasteiger partial charge < -0.3 is 24.4 Å². The number of methoxy groups -OCH3 is 2. The van der Waals surface area contributed by atoms with Gasteiger partial charge in [0.25, 0.3) is 15.9 Å². The van der Waals surface area contributed by atoms with E-state index in [1.807, 2.05) is 18.2 Å². The van der Waals surface area contributed by atoms with E-state index in [4.69, 9.17) is 14.2 Å². The van der Waals surface area contributed by atoms with Gasteiger partial charge in [0.05, 0.1) is 19.1 Å². The second-order valence-electron chi connectivity index (χ2n) is 9.95. The number of hydrogen-bond acceptors (Lipinski definition) is 7. The molecule has 0 bridgehead atoms. The summed E-state index contributed by atoms with van der Waals surface area (Å²) >= 11 is 0. The Bertz CT molecular complexity index is 1700. The zero-order valence-corrected chi connectivity index (χ0v) is 25.8. The maximum absolute atomic E-state index is 13.5. The number of sulfonamides is 1. The van der Waals surface area contributed by atoms with Gasteiger partial charge >= 0.3 is 0 Å². The Morgan fingerprint density at radius 1 is 0.844 bits per heavy atom. The first-order valence-electron chi connectivity index (χ1n) is 13.9. The molecule has 1 atom stereocenters. The number of ether oxygens (including phenoxy) is 3. The molecule has 0 heterocycles. The molecule has 10 nitrogen and oxygen atoms in total. The number of nitrogens with zero attached hydrogens (tertiary/aromatic N) is 1.